The molecule has 41 valence electrons. The Morgan fingerprint density at radius 1 is 1.14 bits per heavy atom. The Kier molecular flexibility index (Phi) is 10.5. The molecule has 0 aromatic rings. The minimum atomic E-state index is -5.17. The Balaban J connectivity index is -0.0000000800. The van der Waals surface area contributed by atoms with Gasteiger partial charge in [0.05, 0.1) is 0 Å². The normalized spacial score (nSPS) is 8.29. The Labute approximate surface area is 55.5 Å². The van der Waals surface area contributed by atoms with Gasteiger partial charge in [-0.15, -0.1) is 0 Å². The second-order valence-electron chi connectivity index (χ2n) is 0.408. The molecule has 0 unspecified atom stereocenters. The van der Waals surface area contributed by atoms with Gasteiger partial charge in [-0.3, -0.25) is 8.42 Å². The van der Waals surface area contributed by atoms with E-state index in [4.69, 9.17) is 17.5 Å². The molecule has 0 rings (SSSR count). The molecule has 0 spiro atoms. The van der Waals surface area contributed by atoms with Crippen LogP contribution in [0, 0.1) is 0 Å². The van der Waals surface area contributed by atoms with Crippen LogP contribution in [0.3, 0.4) is 0 Å². The van der Waals surface area contributed by atoms with Crippen molar-refractivity contribution in [2.24, 2.45) is 0 Å². The van der Waals surface area contributed by atoms with Gasteiger partial charge in [-0.2, -0.15) is 0 Å². The van der Waals surface area contributed by atoms with Crippen LogP contribution in [0.1, 0.15) is 0 Å². The molecule has 0 aromatic heterocycles. The molecule has 0 aliphatic carbocycles. The molecule has 7 heteroatoms. The molecule has 0 saturated heterocycles. The van der Waals surface area contributed by atoms with Crippen LogP contribution in [0.2, 0.25) is 0 Å². The second-order valence-corrected chi connectivity index (χ2v) is 1.22. The predicted molar refractivity (Wildman–Crippen MR) is 12.4 cm³/mol. The summed E-state index contributed by atoms with van der Waals surface area (Å²) in [6, 6.07) is 0. The Bertz CT molecular complexity index is 91.2. The van der Waals surface area contributed by atoms with Crippen LogP contribution in [-0.4, -0.2) is 23.0 Å². The van der Waals surface area contributed by atoms with E-state index >= 15 is 0 Å². The molecule has 0 aliphatic heterocycles. The summed E-state index contributed by atoms with van der Waals surface area (Å²) in [6.07, 6.45) is 0. The quantitative estimate of drug-likeness (QED) is 0.243. The van der Waals surface area contributed by atoms with E-state index in [1.165, 1.54) is 0 Å². The van der Waals surface area contributed by atoms with Gasteiger partial charge in [0.25, 0.3) is 0 Å². The molecule has 0 aliphatic rings. The second kappa shape index (κ2) is 4.70. The van der Waals surface area contributed by atoms with Crippen LogP contribution in [0.15, 0.2) is 0 Å². The van der Waals surface area contributed by atoms with Crippen LogP contribution >= 0.6 is 0 Å². The van der Waals surface area contributed by atoms with Crippen molar-refractivity contribution in [3.05, 3.63) is 0 Å². The fourth-order valence-electron chi connectivity index (χ4n) is 0. The van der Waals surface area contributed by atoms with E-state index in [0.29, 0.717) is 0 Å². The summed E-state index contributed by atoms with van der Waals surface area (Å²) < 4.78 is 34.1. The fourth-order valence-corrected chi connectivity index (χ4v) is 0. The Morgan fingerprint density at radius 2 is 1.14 bits per heavy atom. The van der Waals surface area contributed by atoms with Crippen molar-refractivity contribution in [3.8, 4) is 0 Å². The Hall–Kier alpha value is 0.544. The van der Waals surface area contributed by atoms with Crippen molar-refractivity contribution >= 4 is 10.4 Å². The molecule has 5 nitrogen and oxygen atoms in total. The number of hydrogen-bond donors (Lipinski definition) is 0. The Morgan fingerprint density at radius 3 is 1.14 bits per heavy atom. The zero-order valence-corrected chi connectivity index (χ0v) is 5.37. The molecule has 0 atom stereocenters. The van der Waals surface area contributed by atoms with E-state index in [9.17, 15) is 0 Å². The molecule has 1 radical (unpaired) electrons. The van der Waals surface area contributed by atoms with Gasteiger partial charge in [0.2, 0.25) is 0 Å². The van der Waals surface area contributed by atoms with Crippen LogP contribution in [-0.2, 0) is 32.1 Å². The third-order valence-electron chi connectivity index (χ3n) is 0. The SMILES string of the molecule is O=S(=O)([O-])[O-].[OH-].[Ti+3]. The van der Waals surface area contributed by atoms with Crippen LogP contribution in [0.5, 0.6) is 0 Å². The van der Waals surface area contributed by atoms with Crippen molar-refractivity contribution in [1.82, 2.24) is 0 Å². The van der Waals surface area contributed by atoms with Gasteiger partial charge >= 0.3 is 21.7 Å². The first-order valence-corrected chi connectivity index (χ1v) is 2.00. The van der Waals surface area contributed by atoms with Gasteiger partial charge in [0.1, 0.15) is 0 Å². The first-order valence-electron chi connectivity index (χ1n) is 0.667. The van der Waals surface area contributed by atoms with Crippen LogP contribution in [0.4, 0.5) is 0 Å². The van der Waals surface area contributed by atoms with Crippen molar-refractivity contribution in [2.75, 3.05) is 0 Å². The molecule has 0 amide bonds. The molecular formula is HO5STi. The molecule has 1 N–H and O–H groups in total. The molecule has 0 heterocycles. The van der Waals surface area contributed by atoms with E-state index < -0.39 is 10.4 Å². The average molecular weight is 161 g/mol. The summed E-state index contributed by atoms with van der Waals surface area (Å²) in [5.41, 5.74) is 0. The average Bonchev–Trinajstić information content (AvgIpc) is 0.722. The van der Waals surface area contributed by atoms with E-state index in [0.717, 1.165) is 0 Å². The summed E-state index contributed by atoms with van der Waals surface area (Å²) in [6.45, 7) is 0. The van der Waals surface area contributed by atoms with Gasteiger partial charge in [0.15, 0.2) is 0 Å². The maximum atomic E-state index is 8.52. The molecule has 0 bridgehead atoms. The maximum absolute atomic E-state index is 8.52. The summed E-state index contributed by atoms with van der Waals surface area (Å²) in [5.74, 6) is 0. The van der Waals surface area contributed by atoms with Crippen LogP contribution < -0.4 is 0 Å². The molecular weight excluding hydrogens is 160 g/mol. The summed E-state index contributed by atoms with van der Waals surface area (Å²) in [4.78, 5) is 0. The minimum Gasteiger partial charge on any atom is -0.870 e. The molecule has 0 saturated carbocycles. The topological polar surface area (TPSA) is 110 Å². The van der Waals surface area contributed by atoms with Gasteiger partial charge in [-0.1, -0.05) is 0 Å². The summed E-state index contributed by atoms with van der Waals surface area (Å²) in [5, 5.41) is 0. The first kappa shape index (κ1) is 15.6. The zero-order chi connectivity index (χ0) is 4.50. The largest absolute Gasteiger partial charge is 3.00 e. The maximum Gasteiger partial charge on any atom is 3.00 e. The fraction of sp³-hybridized carbons (Fsp3) is 0. The van der Waals surface area contributed by atoms with Gasteiger partial charge in [-0.25, -0.2) is 0 Å². The van der Waals surface area contributed by atoms with Crippen molar-refractivity contribution < 1.29 is 44.7 Å². The van der Waals surface area contributed by atoms with Gasteiger partial charge < -0.3 is 14.6 Å². The van der Waals surface area contributed by atoms with Crippen molar-refractivity contribution in [2.45, 2.75) is 0 Å². The zero-order valence-electron chi connectivity index (χ0n) is 2.99. The number of hydrogen-bond acceptors (Lipinski definition) is 5. The third kappa shape index (κ3) is 456. The smallest absolute Gasteiger partial charge is 0.870 e. The summed E-state index contributed by atoms with van der Waals surface area (Å²) in [7, 11) is -5.17. The standard InChI is InChI=1S/H2O4S.H2O.Ti/c1-5(2,3)4;;/h(H2,1,2,3,4);1H2;/q;;+3/p-3. The van der Waals surface area contributed by atoms with Crippen molar-refractivity contribution in [1.29, 1.82) is 0 Å². The predicted octanol–water partition coefficient (Wildman–Crippen LogP) is -1.52. The van der Waals surface area contributed by atoms with Crippen molar-refractivity contribution in [3.63, 3.8) is 0 Å². The van der Waals surface area contributed by atoms with E-state index in [-0.39, 0.29) is 27.2 Å². The molecule has 0 fully saturated rings. The summed E-state index contributed by atoms with van der Waals surface area (Å²) >= 11 is 0. The first-order chi connectivity index (χ1) is 2.00. The van der Waals surface area contributed by atoms with E-state index in [1.54, 1.807) is 0 Å². The molecule has 7 heavy (non-hydrogen) atoms. The third-order valence-corrected chi connectivity index (χ3v) is 0. The van der Waals surface area contributed by atoms with E-state index in [1.807, 2.05) is 0 Å². The van der Waals surface area contributed by atoms with Crippen LogP contribution in [0.25, 0.3) is 0 Å². The van der Waals surface area contributed by atoms with Gasteiger partial charge in [-0.05, 0) is 0 Å². The van der Waals surface area contributed by atoms with E-state index in [2.05, 4.69) is 0 Å². The molecule has 0 aromatic carbocycles. The minimum absolute atomic E-state index is 0. The van der Waals surface area contributed by atoms with Gasteiger partial charge in [0, 0.05) is 10.4 Å². The monoisotopic (exact) mass is 161 g/mol. The number of rotatable bonds is 0.